The van der Waals surface area contributed by atoms with Gasteiger partial charge in [0.1, 0.15) is 5.69 Å². The third-order valence-corrected chi connectivity index (χ3v) is 5.94. The number of aromatic nitrogens is 4. The Morgan fingerprint density at radius 1 is 1.06 bits per heavy atom. The summed E-state index contributed by atoms with van der Waals surface area (Å²) < 4.78 is 7.44. The van der Waals surface area contributed by atoms with Crippen molar-refractivity contribution in [3.05, 3.63) is 54.5 Å². The number of benzene rings is 2. The maximum Gasteiger partial charge on any atom is 0.155 e. The molecule has 0 aliphatic carbocycles. The van der Waals surface area contributed by atoms with E-state index in [9.17, 15) is 0 Å². The minimum atomic E-state index is 0.344. The van der Waals surface area contributed by atoms with Crippen LogP contribution < -0.4 is 15.5 Å². The number of terminal acetylenes is 1. The Balaban J connectivity index is 1.47. The van der Waals surface area contributed by atoms with Gasteiger partial charge in [-0.2, -0.15) is 0 Å². The van der Waals surface area contributed by atoms with E-state index in [1.807, 2.05) is 36.7 Å². The standard InChI is InChI=1S/C26H27N7O/c1-4-12-27-26-24(21-6-5-7-22-23(21)28-17-32(22)3)29-18(2)25(31-26)30-19-8-10-20(11-9-19)33-13-15-34-16-14-33/h1,5-11,17H,12-16H2,2-3H3,(H2,27,30,31). The van der Waals surface area contributed by atoms with Gasteiger partial charge in [-0.15, -0.1) is 6.42 Å². The number of aryl methyl sites for hydroxylation is 2. The van der Waals surface area contributed by atoms with Crippen molar-refractivity contribution >= 4 is 34.0 Å². The second-order valence-electron chi connectivity index (χ2n) is 8.21. The zero-order valence-electron chi connectivity index (χ0n) is 19.4. The molecule has 1 aliphatic heterocycles. The van der Waals surface area contributed by atoms with E-state index < -0.39 is 0 Å². The molecule has 2 N–H and O–H groups in total. The molecule has 1 aliphatic rings. The molecule has 5 rings (SSSR count). The summed E-state index contributed by atoms with van der Waals surface area (Å²) in [6, 6.07) is 14.4. The van der Waals surface area contributed by atoms with Gasteiger partial charge in [0, 0.05) is 37.1 Å². The Kier molecular flexibility index (Phi) is 6.02. The molecule has 0 saturated carbocycles. The fourth-order valence-electron chi connectivity index (χ4n) is 4.15. The molecule has 1 fully saturated rings. The average Bonchev–Trinajstić information content (AvgIpc) is 3.26. The maximum atomic E-state index is 5.52. The van der Waals surface area contributed by atoms with Crippen LogP contribution in [0.5, 0.6) is 0 Å². The van der Waals surface area contributed by atoms with Crippen LogP contribution in [0.4, 0.5) is 23.0 Å². The molecule has 0 radical (unpaired) electrons. The third-order valence-electron chi connectivity index (χ3n) is 5.94. The summed E-state index contributed by atoms with van der Waals surface area (Å²) in [7, 11) is 1.98. The molecule has 8 nitrogen and oxygen atoms in total. The highest BCUT2D eigenvalue weighted by molar-refractivity contribution is 5.94. The SMILES string of the molecule is C#CCNc1nc(Nc2ccc(N3CCOCC3)cc2)c(C)nc1-c1cccc2c1ncn2C. The molecule has 0 unspecified atom stereocenters. The molecule has 0 atom stereocenters. The van der Waals surface area contributed by atoms with Crippen LogP contribution in [0.2, 0.25) is 0 Å². The number of imidazole rings is 1. The van der Waals surface area contributed by atoms with Crippen molar-refractivity contribution in [2.75, 3.05) is 48.4 Å². The fraction of sp³-hybridized carbons (Fsp3) is 0.269. The van der Waals surface area contributed by atoms with Gasteiger partial charge < -0.3 is 24.8 Å². The Labute approximate surface area is 199 Å². The van der Waals surface area contributed by atoms with E-state index in [0.29, 0.717) is 18.2 Å². The zero-order chi connectivity index (χ0) is 23.5. The first kappa shape index (κ1) is 21.7. The minimum absolute atomic E-state index is 0.344. The van der Waals surface area contributed by atoms with Gasteiger partial charge in [0.25, 0.3) is 0 Å². The molecule has 0 amide bonds. The van der Waals surface area contributed by atoms with Crippen molar-refractivity contribution in [3.63, 3.8) is 0 Å². The molecule has 0 spiro atoms. The lowest BCUT2D eigenvalue weighted by Crippen LogP contribution is -2.36. The van der Waals surface area contributed by atoms with Crippen LogP contribution >= 0.6 is 0 Å². The molecule has 4 aromatic rings. The molecular formula is C26H27N7O. The van der Waals surface area contributed by atoms with E-state index >= 15 is 0 Å². The lowest BCUT2D eigenvalue weighted by Gasteiger charge is -2.29. The summed E-state index contributed by atoms with van der Waals surface area (Å²) >= 11 is 0. The Bertz CT molecular complexity index is 1350. The van der Waals surface area contributed by atoms with Gasteiger partial charge in [-0.3, -0.25) is 0 Å². The van der Waals surface area contributed by atoms with Gasteiger partial charge >= 0.3 is 0 Å². The molecule has 1 saturated heterocycles. The Hall–Kier alpha value is -4.09. The summed E-state index contributed by atoms with van der Waals surface area (Å²) in [6.45, 7) is 5.64. The highest BCUT2D eigenvalue weighted by Crippen LogP contribution is 2.33. The van der Waals surface area contributed by atoms with Gasteiger partial charge in [-0.1, -0.05) is 18.1 Å². The largest absolute Gasteiger partial charge is 0.378 e. The first-order chi connectivity index (χ1) is 16.6. The second-order valence-corrected chi connectivity index (χ2v) is 8.21. The van der Waals surface area contributed by atoms with E-state index in [4.69, 9.17) is 21.1 Å². The smallest absolute Gasteiger partial charge is 0.155 e. The molecule has 2 aromatic heterocycles. The van der Waals surface area contributed by atoms with Crippen molar-refractivity contribution < 1.29 is 4.74 Å². The number of nitrogens with one attached hydrogen (secondary N) is 2. The quantitative estimate of drug-likeness (QED) is 0.428. The van der Waals surface area contributed by atoms with Gasteiger partial charge in [0.15, 0.2) is 11.6 Å². The number of anilines is 4. The number of morpholine rings is 1. The normalized spacial score (nSPS) is 13.6. The maximum absolute atomic E-state index is 5.52. The number of para-hydroxylation sites is 1. The predicted octanol–water partition coefficient (Wildman–Crippen LogP) is 3.96. The van der Waals surface area contributed by atoms with Gasteiger partial charge in [-0.05, 0) is 37.3 Å². The van der Waals surface area contributed by atoms with Crippen LogP contribution in [0.1, 0.15) is 5.69 Å². The van der Waals surface area contributed by atoms with Crippen LogP contribution in [-0.2, 0) is 11.8 Å². The predicted molar refractivity (Wildman–Crippen MR) is 137 cm³/mol. The molecule has 8 heteroatoms. The molecule has 2 aromatic carbocycles. The summed E-state index contributed by atoms with van der Waals surface area (Å²) in [6.07, 6.45) is 7.33. The molecular weight excluding hydrogens is 426 g/mol. The minimum Gasteiger partial charge on any atom is -0.378 e. The summed E-state index contributed by atoms with van der Waals surface area (Å²) in [4.78, 5) is 16.7. The van der Waals surface area contributed by atoms with Crippen LogP contribution in [0, 0.1) is 19.3 Å². The van der Waals surface area contributed by atoms with E-state index in [-0.39, 0.29) is 0 Å². The van der Waals surface area contributed by atoms with Crippen molar-refractivity contribution in [1.29, 1.82) is 0 Å². The Morgan fingerprint density at radius 2 is 1.85 bits per heavy atom. The van der Waals surface area contributed by atoms with Crippen LogP contribution in [-0.4, -0.2) is 52.4 Å². The van der Waals surface area contributed by atoms with Gasteiger partial charge in [-0.25, -0.2) is 15.0 Å². The van der Waals surface area contributed by atoms with Crippen molar-refractivity contribution in [1.82, 2.24) is 19.5 Å². The van der Waals surface area contributed by atoms with E-state index in [0.717, 1.165) is 60.0 Å². The highest BCUT2D eigenvalue weighted by atomic mass is 16.5. The van der Waals surface area contributed by atoms with E-state index in [1.54, 1.807) is 6.33 Å². The van der Waals surface area contributed by atoms with Gasteiger partial charge in [0.05, 0.1) is 42.8 Å². The zero-order valence-corrected chi connectivity index (χ0v) is 19.4. The van der Waals surface area contributed by atoms with Crippen molar-refractivity contribution in [2.45, 2.75) is 6.92 Å². The Morgan fingerprint density at radius 3 is 2.62 bits per heavy atom. The molecule has 0 bridgehead atoms. The number of hydrogen-bond acceptors (Lipinski definition) is 7. The van der Waals surface area contributed by atoms with Crippen molar-refractivity contribution in [3.8, 4) is 23.6 Å². The fourth-order valence-corrected chi connectivity index (χ4v) is 4.15. The van der Waals surface area contributed by atoms with Crippen LogP contribution in [0.15, 0.2) is 48.8 Å². The van der Waals surface area contributed by atoms with Crippen LogP contribution in [0.3, 0.4) is 0 Å². The molecule has 3 heterocycles. The summed E-state index contributed by atoms with van der Waals surface area (Å²) in [5.74, 6) is 3.92. The number of ether oxygens (including phenoxy) is 1. The average molecular weight is 454 g/mol. The molecule has 172 valence electrons. The summed E-state index contributed by atoms with van der Waals surface area (Å²) in [5.41, 5.74) is 6.46. The lowest BCUT2D eigenvalue weighted by molar-refractivity contribution is 0.122. The molecule has 34 heavy (non-hydrogen) atoms. The van der Waals surface area contributed by atoms with Gasteiger partial charge in [0.2, 0.25) is 0 Å². The first-order valence-electron chi connectivity index (χ1n) is 11.3. The highest BCUT2D eigenvalue weighted by Gasteiger charge is 2.17. The summed E-state index contributed by atoms with van der Waals surface area (Å²) in [5, 5.41) is 6.65. The second kappa shape index (κ2) is 9.41. The topological polar surface area (TPSA) is 80.1 Å². The van der Waals surface area contributed by atoms with E-state index in [2.05, 4.69) is 50.7 Å². The number of fused-ring (bicyclic) bond motifs is 1. The number of nitrogens with zero attached hydrogens (tertiary/aromatic N) is 5. The monoisotopic (exact) mass is 453 g/mol. The lowest BCUT2D eigenvalue weighted by atomic mass is 10.1. The first-order valence-corrected chi connectivity index (χ1v) is 11.3. The van der Waals surface area contributed by atoms with Crippen molar-refractivity contribution in [2.24, 2.45) is 7.05 Å². The van der Waals surface area contributed by atoms with Crippen LogP contribution in [0.25, 0.3) is 22.3 Å². The number of rotatable bonds is 6. The third kappa shape index (κ3) is 4.26. The number of hydrogen-bond donors (Lipinski definition) is 2. The van der Waals surface area contributed by atoms with E-state index in [1.165, 1.54) is 5.69 Å².